The fourth-order valence-corrected chi connectivity index (χ4v) is 3.00. The quantitative estimate of drug-likeness (QED) is 0.672. The number of hydrogen-bond acceptors (Lipinski definition) is 5. The van der Waals surface area contributed by atoms with E-state index in [0.29, 0.717) is 13.0 Å². The molecule has 7 heteroatoms. The summed E-state index contributed by atoms with van der Waals surface area (Å²) in [6.45, 7) is 6.69. The average molecular weight is 333 g/mol. The van der Waals surface area contributed by atoms with Crippen molar-refractivity contribution in [3.63, 3.8) is 0 Å². The third-order valence-electron chi connectivity index (χ3n) is 3.29. The molecule has 0 atom stereocenters. The predicted molar refractivity (Wildman–Crippen MR) is 89.9 cm³/mol. The van der Waals surface area contributed by atoms with E-state index in [1.807, 2.05) is 5.38 Å². The van der Waals surface area contributed by atoms with E-state index in [9.17, 15) is 14.9 Å². The van der Waals surface area contributed by atoms with Crippen molar-refractivity contribution in [2.24, 2.45) is 0 Å². The SMILES string of the molecule is CC(C)(C)c1csc(CCNC(=O)c2ccccc2[N+](=O)[O-])n1. The monoisotopic (exact) mass is 333 g/mol. The van der Waals surface area contributed by atoms with Gasteiger partial charge >= 0.3 is 0 Å². The van der Waals surface area contributed by atoms with Gasteiger partial charge in [-0.15, -0.1) is 11.3 Å². The van der Waals surface area contributed by atoms with Crippen molar-refractivity contribution in [2.75, 3.05) is 6.54 Å². The van der Waals surface area contributed by atoms with Crippen LogP contribution in [0.2, 0.25) is 0 Å². The fourth-order valence-electron chi connectivity index (χ4n) is 1.97. The van der Waals surface area contributed by atoms with E-state index in [-0.39, 0.29) is 16.7 Å². The molecule has 0 aliphatic rings. The Kier molecular flexibility index (Phi) is 5.10. The highest BCUT2D eigenvalue weighted by atomic mass is 32.1. The highest BCUT2D eigenvalue weighted by molar-refractivity contribution is 7.09. The van der Waals surface area contributed by atoms with Crippen molar-refractivity contribution < 1.29 is 9.72 Å². The number of nitro groups is 1. The molecule has 1 aromatic heterocycles. The van der Waals surface area contributed by atoms with Gasteiger partial charge in [-0.05, 0) is 6.07 Å². The van der Waals surface area contributed by atoms with Crippen LogP contribution in [0.25, 0.3) is 0 Å². The van der Waals surface area contributed by atoms with Crippen LogP contribution in [0.4, 0.5) is 5.69 Å². The minimum atomic E-state index is -0.550. The lowest BCUT2D eigenvalue weighted by molar-refractivity contribution is -0.385. The second-order valence-corrected chi connectivity index (χ2v) is 7.10. The molecule has 1 heterocycles. The summed E-state index contributed by atoms with van der Waals surface area (Å²) in [6.07, 6.45) is 0.604. The number of hydrogen-bond donors (Lipinski definition) is 1. The van der Waals surface area contributed by atoms with Gasteiger partial charge in [-0.3, -0.25) is 14.9 Å². The first-order valence-corrected chi connectivity index (χ1v) is 8.13. The summed E-state index contributed by atoms with van der Waals surface area (Å²) in [7, 11) is 0. The number of benzene rings is 1. The van der Waals surface area contributed by atoms with Gasteiger partial charge in [0, 0.05) is 29.8 Å². The molecule has 0 radical (unpaired) electrons. The van der Waals surface area contributed by atoms with Crippen LogP contribution < -0.4 is 5.32 Å². The smallest absolute Gasteiger partial charge is 0.282 e. The number of nitrogens with one attached hydrogen (secondary N) is 1. The zero-order chi connectivity index (χ0) is 17.0. The molecule has 1 N–H and O–H groups in total. The van der Waals surface area contributed by atoms with Crippen LogP contribution in [-0.2, 0) is 11.8 Å². The molecule has 2 aromatic rings. The fraction of sp³-hybridized carbons (Fsp3) is 0.375. The Labute approximate surface area is 138 Å². The maximum absolute atomic E-state index is 12.1. The number of rotatable bonds is 5. The summed E-state index contributed by atoms with van der Waals surface area (Å²) < 4.78 is 0. The minimum Gasteiger partial charge on any atom is -0.351 e. The molecule has 6 nitrogen and oxygen atoms in total. The van der Waals surface area contributed by atoms with Crippen LogP contribution in [0.1, 0.15) is 41.8 Å². The van der Waals surface area contributed by atoms with Crippen LogP contribution >= 0.6 is 11.3 Å². The lowest BCUT2D eigenvalue weighted by Crippen LogP contribution is -2.26. The largest absolute Gasteiger partial charge is 0.351 e. The Morgan fingerprint density at radius 1 is 1.35 bits per heavy atom. The van der Waals surface area contributed by atoms with Gasteiger partial charge in [-0.2, -0.15) is 0 Å². The number of para-hydroxylation sites is 1. The molecular formula is C16H19N3O3S. The zero-order valence-electron chi connectivity index (χ0n) is 13.3. The normalized spacial score (nSPS) is 11.3. The van der Waals surface area contributed by atoms with Crippen molar-refractivity contribution >= 4 is 22.9 Å². The van der Waals surface area contributed by atoms with Gasteiger partial charge in [-0.25, -0.2) is 4.98 Å². The van der Waals surface area contributed by atoms with Crippen molar-refractivity contribution in [3.8, 4) is 0 Å². The molecular weight excluding hydrogens is 314 g/mol. The number of nitro benzene ring substituents is 1. The summed E-state index contributed by atoms with van der Waals surface area (Å²) in [5.41, 5.74) is 0.923. The maximum atomic E-state index is 12.1. The summed E-state index contributed by atoms with van der Waals surface area (Å²) >= 11 is 1.56. The van der Waals surface area contributed by atoms with Crippen LogP contribution in [0, 0.1) is 10.1 Å². The number of amides is 1. The summed E-state index contributed by atoms with van der Waals surface area (Å²) in [4.78, 5) is 27.0. The topological polar surface area (TPSA) is 85.1 Å². The van der Waals surface area contributed by atoms with Crippen molar-refractivity contribution in [3.05, 3.63) is 56.0 Å². The Morgan fingerprint density at radius 3 is 2.65 bits per heavy atom. The number of nitrogens with zero attached hydrogens (tertiary/aromatic N) is 2. The van der Waals surface area contributed by atoms with E-state index in [0.717, 1.165) is 10.7 Å². The van der Waals surface area contributed by atoms with E-state index in [1.165, 1.54) is 12.1 Å². The molecule has 0 aliphatic heterocycles. The van der Waals surface area contributed by atoms with Crippen molar-refractivity contribution in [1.82, 2.24) is 10.3 Å². The Morgan fingerprint density at radius 2 is 2.04 bits per heavy atom. The summed E-state index contributed by atoms with van der Waals surface area (Å²) in [6, 6.07) is 5.93. The highest BCUT2D eigenvalue weighted by Gasteiger charge is 2.19. The number of carbonyl (C=O) groups is 1. The maximum Gasteiger partial charge on any atom is 0.282 e. The molecule has 23 heavy (non-hydrogen) atoms. The minimum absolute atomic E-state index is 0.00263. The van der Waals surface area contributed by atoms with E-state index in [1.54, 1.807) is 23.5 Å². The van der Waals surface area contributed by atoms with Crippen LogP contribution in [0.15, 0.2) is 29.6 Å². The number of thiazole rings is 1. The number of carbonyl (C=O) groups excluding carboxylic acids is 1. The lowest BCUT2D eigenvalue weighted by Gasteiger charge is -2.14. The third-order valence-corrected chi connectivity index (χ3v) is 4.20. The van der Waals surface area contributed by atoms with Gasteiger partial charge in [0.25, 0.3) is 11.6 Å². The molecule has 1 amide bonds. The molecule has 0 fully saturated rings. The van der Waals surface area contributed by atoms with E-state index >= 15 is 0 Å². The summed E-state index contributed by atoms with van der Waals surface area (Å²) in [5, 5.41) is 16.6. The van der Waals surface area contributed by atoms with E-state index < -0.39 is 10.8 Å². The molecule has 0 aliphatic carbocycles. The van der Waals surface area contributed by atoms with Gasteiger partial charge in [0.05, 0.1) is 15.6 Å². The van der Waals surface area contributed by atoms with Crippen LogP contribution in [0.3, 0.4) is 0 Å². The van der Waals surface area contributed by atoms with Gasteiger partial charge in [0.15, 0.2) is 0 Å². The third kappa shape index (κ3) is 4.35. The van der Waals surface area contributed by atoms with Crippen molar-refractivity contribution in [1.29, 1.82) is 0 Å². The predicted octanol–water partition coefficient (Wildman–Crippen LogP) is 3.32. The molecule has 0 saturated carbocycles. The zero-order valence-corrected chi connectivity index (χ0v) is 14.1. The van der Waals surface area contributed by atoms with Crippen molar-refractivity contribution in [2.45, 2.75) is 32.6 Å². The molecule has 2 rings (SSSR count). The van der Waals surface area contributed by atoms with E-state index in [4.69, 9.17) is 0 Å². The standard InChI is InChI=1S/C16H19N3O3S/c1-16(2,3)13-10-23-14(18-13)8-9-17-15(20)11-6-4-5-7-12(11)19(21)22/h4-7,10H,8-9H2,1-3H3,(H,17,20). The Hall–Kier alpha value is -2.28. The highest BCUT2D eigenvalue weighted by Crippen LogP contribution is 2.24. The molecule has 122 valence electrons. The summed E-state index contributed by atoms with van der Waals surface area (Å²) in [5.74, 6) is -0.440. The first-order valence-electron chi connectivity index (χ1n) is 7.25. The first-order chi connectivity index (χ1) is 10.8. The Bertz CT molecular complexity index is 719. The van der Waals surface area contributed by atoms with Gasteiger partial charge in [0.2, 0.25) is 0 Å². The van der Waals surface area contributed by atoms with Crippen LogP contribution in [-0.4, -0.2) is 22.4 Å². The molecule has 0 spiro atoms. The molecule has 0 unspecified atom stereocenters. The first kappa shape index (κ1) is 17.1. The van der Waals surface area contributed by atoms with Gasteiger partial charge < -0.3 is 5.32 Å². The number of aromatic nitrogens is 1. The van der Waals surface area contributed by atoms with Gasteiger partial charge in [0.1, 0.15) is 5.56 Å². The molecule has 1 aromatic carbocycles. The van der Waals surface area contributed by atoms with Crippen LogP contribution in [0.5, 0.6) is 0 Å². The molecule has 0 bridgehead atoms. The lowest BCUT2D eigenvalue weighted by atomic mass is 9.93. The Balaban J connectivity index is 1.95. The average Bonchev–Trinajstić information content (AvgIpc) is 2.96. The molecule has 0 saturated heterocycles. The van der Waals surface area contributed by atoms with Gasteiger partial charge in [-0.1, -0.05) is 32.9 Å². The van der Waals surface area contributed by atoms with E-state index in [2.05, 4.69) is 31.1 Å². The second kappa shape index (κ2) is 6.87. The second-order valence-electron chi connectivity index (χ2n) is 6.16.